The molecule has 1 N–H and O–H groups in total. The van der Waals surface area contributed by atoms with E-state index in [1.165, 1.54) is 12.0 Å². The van der Waals surface area contributed by atoms with Crippen LogP contribution in [0.2, 0.25) is 0 Å². The van der Waals surface area contributed by atoms with Gasteiger partial charge in [-0.15, -0.1) is 0 Å². The summed E-state index contributed by atoms with van der Waals surface area (Å²) in [6.45, 7) is 10.5. The van der Waals surface area contributed by atoms with Crippen LogP contribution in [0.4, 0.5) is 0 Å². The number of allylic oxidation sites excluding steroid dienone is 5. The van der Waals surface area contributed by atoms with Crippen LogP contribution >= 0.6 is 0 Å². The molecule has 0 aromatic heterocycles. The molecule has 0 amide bonds. The van der Waals surface area contributed by atoms with Crippen LogP contribution in [0.1, 0.15) is 19.8 Å². The Morgan fingerprint density at radius 1 is 1.53 bits per heavy atom. The Kier molecular flexibility index (Phi) is 4.69. The largest absolute Gasteiger partial charge is 0.381 e. The van der Waals surface area contributed by atoms with Crippen molar-refractivity contribution in [1.82, 2.24) is 5.32 Å². The van der Waals surface area contributed by atoms with Gasteiger partial charge in [0.15, 0.2) is 0 Å². The Labute approximate surface area is 92.6 Å². The molecule has 1 heteroatoms. The highest BCUT2D eigenvalue weighted by atomic mass is 14.9. The van der Waals surface area contributed by atoms with Gasteiger partial charge in [0.25, 0.3) is 0 Å². The van der Waals surface area contributed by atoms with Gasteiger partial charge in [0.2, 0.25) is 0 Å². The molecular weight excluding hydrogens is 182 g/mol. The second-order valence-electron chi connectivity index (χ2n) is 3.76. The molecule has 0 aliphatic heterocycles. The molecule has 1 aliphatic rings. The van der Waals surface area contributed by atoms with Crippen LogP contribution in [0.25, 0.3) is 0 Å². The van der Waals surface area contributed by atoms with Gasteiger partial charge in [-0.05, 0) is 37.5 Å². The maximum absolute atomic E-state index is 3.84. The molecule has 0 saturated carbocycles. The number of hydrogen-bond donors (Lipinski definition) is 1. The summed E-state index contributed by atoms with van der Waals surface area (Å²) < 4.78 is 0. The summed E-state index contributed by atoms with van der Waals surface area (Å²) in [4.78, 5) is 0. The van der Waals surface area contributed by atoms with Gasteiger partial charge in [0, 0.05) is 12.2 Å². The van der Waals surface area contributed by atoms with E-state index in [-0.39, 0.29) is 0 Å². The van der Waals surface area contributed by atoms with Crippen LogP contribution < -0.4 is 5.32 Å². The maximum atomic E-state index is 3.84. The highest BCUT2D eigenvalue weighted by molar-refractivity contribution is 5.29. The second-order valence-corrected chi connectivity index (χ2v) is 3.76. The summed E-state index contributed by atoms with van der Waals surface area (Å²) in [6.07, 6.45) is 12.8. The lowest BCUT2D eigenvalue weighted by molar-refractivity contribution is 0.886. The van der Waals surface area contributed by atoms with Gasteiger partial charge in [-0.3, -0.25) is 0 Å². The van der Waals surface area contributed by atoms with E-state index in [0.717, 1.165) is 24.2 Å². The fourth-order valence-corrected chi connectivity index (χ4v) is 1.45. The predicted octanol–water partition coefficient (Wildman–Crippen LogP) is 3.50. The molecule has 0 fully saturated rings. The van der Waals surface area contributed by atoms with E-state index in [1.54, 1.807) is 0 Å². The van der Waals surface area contributed by atoms with E-state index >= 15 is 0 Å². The van der Waals surface area contributed by atoms with Crippen molar-refractivity contribution in [2.75, 3.05) is 6.54 Å². The van der Waals surface area contributed by atoms with E-state index in [1.807, 2.05) is 19.1 Å². The zero-order valence-electron chi connectivity index (χ0n) is 9.42. The second kappa shape index (κ2) is 6.07. The molecule has 1 aliphatic carbocycles. The van der Waals surface area contributed by atoms with Crippen molar-refractivity contribution in [2.45, 2.75) is 19.8 Å². The molecular formula is C14H19N. The molecule has 1 rings (SSSR count). The van der Waals surface area contributed by atoms with Crippen molar-refractivity contribution in [2.24, 2.45) is 0 Å². The van der Waals surface area contributed by atoms with Crippen LogP contribution in [0.15, 0.2) is 60.4 Å². The smallest absolute Gasteiger partial charge is 0.0397 e. The number of hydrogen-bond acceptors (Lipinski definition) is 1. The molecule has 0 heterocycles. The first-order chi connectivity index (χ1) is 7.22. The van der Waals surface area contributed by atoms with E-state index in [2.05, 4.69) is 36.7 Å². The minimum atomic E-state index is 0.863. The Hall–Kier alpha value is -1.50. The fraction of sp³-hybridized carbons (Fsp3) is 0.286. The van der Waals surface area contributed by atoms with Crippen molar-refractivity contribution in [3.8, 4) is 0 Å². The van der Waals surface area contributed by atoms with Crippen LogP contribution in [0.3, 0.4) is 0 Å². The van der Waals surface area contributed by atoms with E-state index in [0.29, 0.717) is 0 Å². The Balaban J connectivity index is 2.47. The van der Waals surface area contributed by atoms with Crippen LogP contribution in [-0.2, 0) is 0 Å². The predicted molar refractivity (Wildman–Crippen MR) is 67.6 cm³/mol. The van der Waals surface area contributed by atoms with Gasteiger partial charge in [0.05, 0.1) is 0 Å². The normalized spacial score (nSPS) is 15.8. The quantitative estimate of drug-likeness (QED) is 0.671. The minimum Gasteiger partial charge on any atom is -0.381 e. The summed E-state index contributed by atoms with van der Waals surface area (Å²) in [5.74, 6) is 0. The minimum absolute atomic E-state index is 0.863. The van der Waals surface area contributed by atoms with Crippen molar-refractivity contribution in [3.05, 3.63) is 60.4 Å². The Morgan fingerprint density at radius 3 is 2.87 bits per heavy atom. The molecule has 0 aromatic carbocycles. The maximum Gasteiger partial charge on any atom is 0.0397 e. The summed E-state index contributed by atoms with van der Waals surface area (Å²) in [5.41, 5.74) is 3.41. The van der Waals surface area contributed by atoms with Gasteiger partial charge in [0.1, 0.15) is 0 Å². The monoisotopic (exact) mass is 201 g/mol. The summed E-state index contributed by atoms with van der Waals surface area (Å²) in [6, 6.07) is 0. The van der Waals surface area contributed by atoms with Gasteiger partial charge < -0.3 is 5.32 Å². The Bertz CT molecular complexity index is 329. The molecule has 80 valence electrons. The van der Waals surface area contributed by atoms with Crippen LogP contribution in [-0.4, -0.2) is 6.54 Å². The SMILES string of the molecule is C=C/C(=C/C(=C)C)NCC1=CCCC=C1. The van der Waals surface area contributed by atoms with Gasteiger partial charge in [-0.2, -0.15) is 0 Å². The van der Waals surface area contributed by atoms with Crippen molar-refractivity contribution in [1.29, 1.82) is 0 Å². The van der Waals surface area contributed by atoms with Gasteiger partial charge >= 0.3 is 0 Å². The molecule has 0 atom stereocenters. The third-order valence-electron chi connectivity index (χ3n) is 2.19. The molecule has 0 unspecified atom stereocenters. The summed E-state index contributed by atoms with van der Waals surface area (Å²) in [7, 11) is 0. The molecule has 0 saturated heterocycles. The third-order valence-corrected chi connectivity index (χ3v) is 2.19. The van der Waals surface area contributed by atoms with E-state index in [4.69, 9.17) is 0 Å². The van der Waals surface area contributed by atoms with Gasteiger partial charge in [-0.25, -0.2) is 0 Å². The molecule has 15 heavy (non-hydrogen) atoms. The van der Waals surface area contributed by atoms with E-state index in [9.17, 15) is 0 Å². The lowest BCUT2D eigenvalue weighted by Gasteiger charge is -2.10. The first-order valence-corrected chi connectivity index (χ1v) is 5.31. The first-order valence-electron chi connectivity index (χ1n) is 5.31. The molecule has 0 radical (unpaired) electrons. The van der Waals surface area contributed by atoms with Crippen LogP contribution in [0, 0.1) is 0 Å². The zero-order valence-corrected chi connectivity index (χ0v) is 9.42. The van der Waals surface area contributed by atoms with Crippen LogP contribution in [0.5, 0.6) is 0 Å². The molecule has 0 bridgehead atoms. The van der Waals surface area contributed by atoms with Crippen molar-refractivity contribution in [3.63, 3.8) is 0 Å². The fourth-order valence-electron chi connectivity index (χ4n) is 1.45. The first kappa shape index (κ1) is 11.6. The lowest BCUT2D eigenvalue weighted by atomic mass is 10.1. The topological polar surface area (TPSA) is 12.0 Å². The average molecular weight is 201 g/mol. The summed E-state index contributed by atoms with van der Waals surface area (Å²) >= 11 is 0. The van der Waals surface area contributed by atoms with Crippen molar-refractivity contribution < 1.29 is 0 Å². The molecule has 0 aromatic rings. The molecule has 1 nitrogen and oxygen atoms in total. The summed E-state index contributed by atoms with van der Waals surface area (Å²) in [5, 5.41) is 3.33. The third kappa shape index (κ3) is 4.50. The Morgan fingerprint density at radius 2 is 2.33 bits per heavy atom. The number of rotatable bonds is 5. The highest BCUT2D eigenvalue weighted by Gasteiger charge is 1.97. The number of nitrogens with one attached hydrogen (secondary N) is 1. The lowest BCUT2D eigenvalue weighted by Crippen LogP contribution is -2.15. The highest BCUT2D eigenvalue weighted by Crippen LogP contribution is 2.09. The van der Waals surface area contributed by atoms with Crippen molar-refractivity contribution >= 4 is 0 Å². The molecule has 0 spiro atoms. The zero-order chi connectivity index (χ0) is 11.1. The standard InChI is InChI=1S/C14H19N/c1-4-14(10-12(2)3)15-11-13-8-6-5-7-9-13/h4,6,8-10,15H,1-2,5,7,11H2,3H3/b14-10-. The average Bonchev–Trinajstić information content (AvgIpc) is 2.25. The van der Waals surface area contributed by atoms with E-state index < -0.39 is 0 Å². The van der Waals surface area contributed by atoms with Gasteiger partial charge in [-0.1, -0.05) is 37.0 Å².